The minimum absolute atomic E-state index is 0.0634. The molecule has 2 aromatic rings. The highest BCUT2D eigenvalue weighted by Crippen LogP contribution is 2.24. The standard InChI is InChI=1S/C13H12BrFN2O4S/c1-7-12(8(2)21-16-7)22(19,20)17(3)13(18)10-5-4-9(14)6-11(10)15/h4-6H,1-3H3. The molecule has 1 heterocycles. The minimum atomic E-state index is -4.18. The van der Waals surface area contributed by atoms with Crippen LogP contribution in [0.2, 0.25) is 0 Å². The summed E-state index contributed by atoms with van der Waals surface area (Å²) >= 11 is 3.07. The Bertz CT molecular complexity index is 828. The molecule has 0 aliphatic carbocycles. The highest BCUT2D eigenvalue weighted by molar-refractivity contribution is 9.10. The summed E-state index contributed by atoms with van der Waals surface area (Å²) in [6.07, 6.45) is 0. The molecule has 9 heteroatoms. The number of aromatic nitrogens is 1. The van der Waals surface area contributed by atoms with Crippen LogP contribution in [0.5, 0.6) is 0 Å². The number of aryl methyl sites for hydroxylation is 2. The molecule has 0 fully saturated rings. The Morgan fingerprint density at radius 1 is 1.36 bits per heavy atom. The van der Waals surface area contributed by atoms with E-state index >= 15 is 0 Å². The fourth-order valence-corrected chi connectivity index (χ4v) is 3.66. The van der Waals surface area contributed by atoms with Gasteiger partial charge in [0.25, 0.3) is 15.9 Å². The fraction of sp³-hybridized carbons (Fsp3) is 0.231. The van der Waals surface area contributed by atoms with Crippen molar-refractivity contribution < 1.29 is 22.1 Å². The minimum Gasteiger partial charge on any atom is -0.360 e. The average Bonchev–Trinajstić information content (AvgIpc) is 2.77. The molecule has 1 aromatic heterocycles. The summed E-state index contributed by atoms with van der Waals surface area (Å²) in [6.45, 7) is 2.87. The molecule has 0 aliphatic heterocycles. The van der Waals surface area contributed by atoms with Crippen molar-refractivity contribution in [1.29, 1.82) is 0 Å². The van der Waals surface area contributed by atoms with E-state index in [4.69, 9.17) is 4.52 Å². The van der Waals surface area contributed by atoms with Gasteiger partial charge in [0.15, 0.2) is 10.7 Å². The first kappa shape index (κ1) is 16.6. The molecule has 0 aliphatic rings. The Morgan fingerprint density at radius 2 is 2.00 bits per heavy atom. The number of hydrogen-bond donors (Lipinski definition) is 0. The van der Waals surface area contributed by atoms with Crippen molar-refractivity contribution in [1.82, 2.24) is 9.46 Å². The topological polar surface area (TPSA) is 80.5 Å². The Labute approximate surface area is 135 Å². The molecular formula is C13H12BrFN2O4S. The van der Waals surface area contributed by atoms with Gasteiger partial charge in [-0.1, -0.05) is 21.1 Å². The van der Waals surface area contributed by atoms with Crippen molar-refractivity contribution in [2.75, 3.05) is 7.05 Å². The number of benzene rings is 1. The zero-order valence-corrected chi connectivity index (χ0v) is 14.3. The van der Waals surface area contributed by atoms with Crippen molar-refractivity contribution >= 4 is 31.9 Å². The first-order chi connectivity index (χ1) is 10.2. The normalized spacial score (nSPS) is 11.5. The van der Waals surface area contributed by atoms with E-state index in [2.05, 4.69) is 21.1 Å². The van der Waals surface area contributed by atoms with Gasteiger partial charge in [0, 0.05) is 11.5 Å². The number of halogens is 2. The zero-order chi connectivity index (χ0) is 16.7. The van der Waals surface area contributed by atoms with Crippen molar-refractivity contribution in [3.8, 4) is 0 Å². The second-order valence-electron chi connectivity index (χ2n) is 4.56. The van der Waals surface area contributed by atoms with Crippen LogP contribution in [-0.4, -0.2) is 30.8 Å². The molecule has 2 rings (SSSR count). The third kappa shape index (κ3) is 2.78. The third-order valence-electron chi connectivity index (χ3n) is 3.03. The second kappa shape index (κ2) is 5.81. The maximum atomic E-state index is 13.8. The lowest BCUT2D eigenvalue weighted by Gasteiger charge is -2.17. The van der Waals surface area contributed by atoms with Crippen LogP contribution >= 0.6 is 15.9 Å². The van der Waals surface area contributed by atoms with Crippen molar-refractivity contribution in [3.63, 3.8) is 0 Å². The van der Waals surface area contributed by atoms with E-state index in [1.165, 1.54) is 26.0 Å². The smallest absolute Gasteiger partial charge is 0.271 e. The SMILES string of the molecule is Cc1noc(C)c1S(=O)(=O)N(C)C(=O)c1ccc(Br)cc1F. The summed E-state index contributed by atoms with van der Waals surface area (Å²) in [6, 6.07) is 3.75. The van der Waals surface area contributed by atoms with Gasteiger partial charge in [0.05, 0.1) is 5.56 Å². The summed E-state index contributed by atoms with van der Waals surface area (Å²) in [5.41, 5.74) is -0.213. The Morgan fingerprint density at radius 3 is 2.50 bits per heavy atom. The highest BCUT2D eigenvalue weighted by Gasteiger charge is 2.33. The third-order valence-corrected chi connectivity index (χ3v) is 5.51. The number of nitrogens with zero attached hydrogens (tertiary/aromatic N) is 2. The zero-order valence-electron chi connectivity index (χ0n) is 11.9. The Balaban J connectivity index is 2.47. The van der Waals surface area contributed by atoms with Gasteiger partial charge in [-0.25, -0.2) is 17.1 Å². The molecule has 0 radical (unpaired) electrons. The molecule has 22 heavy (non-hydrogen) atoms. The van der Waals surface area contributed by atoms with Crippen molar-refractivity contribution in [2.45, 2.75) is 18.7 Å². The molecular weight excluding hydrogens is 379 g/mol. The fourth-order valence-electron chi connectivity index (χ4n) is 1.92. The number of amides is 1. The van der Waals surface area contributed by atoms with Crippen LogP contribution in [0.25, 0.3) is 0 Å². The number of carbonyl (C=O) groups is 1. The van der Waals surface area contributed by atoms with Crippen LogP contribution in [0.15, 0.2) is 32.1 Å². The molecule has 1 amide bonds. The molecule has 0 N–H and O–H groups in total. The van der Waals surface area contributed by atoms with E-state index < -0.39 is 21.7 Å². The molecule has 0 saturated carbocycles. The second-order valence-corrected chi connectivity index (χ2v) is 7.38. The van der Waals surface area contributed by atoms with Crippen molar-refractivity contribution in [2.24, 2.45) is 0 Å². The van der Waals surface area contributed by atoms with Gasteiger partial charge in [0.2, 0.25) is 0 Å². The van der Waals surface area contributed by atoms with E-state index in [-0.39, 0.29) is 21.9 Å². The van der Waals surface area contributed by atoms with Gasteiger partial charge in [-0.05, 0) is 32.0 Å². The molecule has 6 nitrogen and oxygen atoms in total. The van der Waals surface area contributed by atoms with Gasteiger partial charge >= 0.3 is 0 Å². The van der Waals surface area contributed by atoms with E-state index in [0.717, 1.165) is 13.1 Å². The number of sulfonamides is 1. The lowest BCUT2D eigenvalue weighted by molar-refractivity contribution is 0.0878. The van der Waals surface area contributed by atoms with Gasteiger partial charge in [-0.15, -0.1) is 0 Å². The van der Waals surface area contributed by atoms with E-state index in [0.29, 0.717) is 8.78 Å². The Hall–Kier alpha value is -1.74. The maximum Gasteiger partial charge on any atom is 0.271 e. The van der Waals surface area contributed by atoms with E-state index in [9.17, 15) is 17.6 Å². The maximum absolute atomic E-state index is 13.8. The van der Waals surface area contributed by atoms with E-state index in [1.54, 1.807) is 0 Å². The predicted molar refractivity (Wildman–Crippen MR) is 79.4 cm³/mol. The first-order valence-corrected chi connectivity index (χ1v) is 8.30. The van der Waals surface area contributed by atoms with Gasteiger partial charge < -0.3 is 4.52 Å². The number of rotatable bonds is 3. The van der Waals surface area contributed by atoms with Crippen LogP contribution in [0.4, 0.5) is 4.39 Å². The first-order valence-electron chi connectivity index (χ1n) is 6.07. The van der Waals surface area contributed by atoms with Crippen molar-refractivity contribution in [3.05, 3.63) is 45.5 Å². The van der Waals surface area contributed by atoms with Crippen LogP contribution in [0, 0.1) is 19.7 Å². The molecule has 0 atom stereocenters. The average molecular weight is 391 g/mol. The largest absolute Gasteiger partial charge is 0.360 e. The lowest BCUT2D eigenvalue weighted by atomic mass is 10.2. The lowest BCUT2D eigenvalue weighted by Crippen LogP contribution is -2.34. The molecule has 1 aromatic carbocycles. The van der Waals surface area contributed by atoms with Crippen LogP contribution in [0.1, 0.15) is 21.8 Å². The quantitative estimate of drug-likeness (QED) is 0.804. The highest BCUT2D eigenvalue weighted by atomic mass is 79.9. The van der Waals surface area contributed by atoms with Crippen LogP contribution in [-0.2, 0) is 10.0 Å². The summed E-state index contributed by atoms with van der Waals surface area (Å²) in [7, 11) is -3.12. The Kier molecular flexibility index (Phi) is 4.39. The van der Waals surface area contributed by atoms with Gasteiger partial charge in [-0.2, -0.15) is 0 Å². The van der Waals surface area contributed by atoms with Crippen LogP contribution in [0.3, 0.4) is 0 Å². The molecule has 0 bridgehead atoms. The molecule has 0 unspecified atom stereocenters. The van der Waals surface area contributed by atoms with E-state index in [1.807, 2.05) is 0 Å². The summed E-state index contributed by atoms with van der Waals surface area (Å²) < 4.78 is 44.6. The molecule has 0 spiro atoms. The summed E-state index contributed by atoms with van der Waals surface area (Å²) in [5.74, 6) is -1.74. The van der Waals surface area contributed by atoms with Crippen LogP contribution < -0.4 is 0 Å². The van der Waals surface area contributed by atoms with Gasteiger partial charge in [-0.3, -0.25) is 4.79 Å². The summed E-state index contributed by atoms with van der Waals surface area (Å²) in [4.78, 5) is 12.1. The predicted octanol–water partition coefficient (Wildman–Crippen LogP) is 2.65. The number of carbonyl (C=O) groups excluding carboxylic acids is 1. The molecule has 0 saturated heterocycles. The van der Waals surface area contributed by atoms with Gasteiger partial charge in [0.1, 0.15) is 11.5 Å². The number of hydrogen-bond acceptors (Lipinski definition) is 5. The molecule has 118 valence electrons. The summed E-state index contributed by atoms with van der Waals surface area (Å²) in [5, 5.41) is 3.55. The monoisotopic (exact) mass is 390 g/mol.